The fourth-order valence-electron chi connectivity index (χ4n) is 2.03. The highest BCUT2D eigenvalue weighted by molar-refractivity contribution is 5.92. The number of hydrogen-bond acceptors (Lipinski definition) is 6. The summed E-state index contributed by atoms with van der Waals surface area (Å²) >= 11 is 0. The van der Waals surface area contributed by atoms with E-state index in [2.05, 4.69) is 20.8 Å². The number of alkyl carbamates (subject to hydrolysis) is 1. The lowest BCUT2D eigenvalue weighted by Gasteiger charge is -2.29. The summed E-state index contributed by atoms with van der Waals surface area (Å²) in [7, 11) is 0. The van der Waals surface area contributed by atoms with E-state index in [0.29, 0.717) is 0 Å². The second kappa shape index (κ2) is 6.41. The van der Waals surface area contributed by atoms with Crippen molar-refractivity contribution in [3.05, 3.63) is 5.89 Å². The Morgan fingerprint density at radius 2 is 1.79 bits per heavy atom. The third-order valence-electron chi connectivity index (χ3n) is 3.39. The number of nitrogens with zero attached hydrogens (tertiary/aromatic N) is 2. The summed E-state index contributed by atoms with van der Waals surface area (Å²) in [6.45, 7) is 11.2. The Balaban J connectivity index is 2.09. The molecule has 0 spiro atoms. The van der Waals surface area contributed by atoms with E-state index in [0.717, 1.165) is 12.8 Å². The van der Waals surface area contributed by atoms with E-state index in [-0.39, 0.29) is 29.1 Å². The number of amides is 2. The zero-order valence-corrected chi connectivity index (χ0v) is 15.1. The summed E-state index contributed by atoms with van der Waals surface area (Å²) in [4.78, 5) is 23.8. The van der Waals surface area contributed by atoms with Crippen LogP contribution in [0.25, 0.3) is 0 Å². The lowest BCUT2D eigenvalue weighted by atomic mass is 9.87. The second-order valence-electron chi connectivity index (χ2n) is 8.15. The SMILES string of the molecule is CC(C)(C)OC(=O)N[C@H](c1nnc(NC(=O)C2CC2)o1)C(C)(C)C. The number of hydrogen-bond donors (Lipinski definition) is 2. The maximum Gasteiger partial charge on any atom is 0.408 e. The molecular formula is C16H26N4O4. The van der Waals surface area contributed by atoms with Gasteiger partial charge in [0.25, 0.3) is 0 Å². The number of anilines is 1. The molecular weight excluding hydrogens is 312 g/mol. The van der Waals surface area contributed by atoms with Crippen LogP contribution in [0.4, 0.5) is 10.8 Å². The molecule has 0 saturated heterocycles. The van der Waals surface area contributed by atoms with Gasteiger partial charge in [-0.05, 0) is 39.0 Å². The zero-order chi connectivity index (χ0) is 18.1. The maximum absolute atomic E-state index is 12.1. The van der Waals surface area contributed by atoms with E-state index in [4.69, 9.17) is 9.15 Å². The van der Waals surface area contributed by atoms with Crippen molar-refractivity contribution in [2.75, 3.05) is 5.32 Å². The first-order chi connectivity index (χ1) is 11.0. The zero-order valence-electron chi connectivity index (χ0n) is 15.1. The number of carbonyl (C=O) groups excluding carboxylic acids is 2. The van der Waals surface area contributed by atoms with Gasteiger partial charge in [0.1, 0.15) is 11.6 Å². The monoisotopic (exact) mass is 338 g/mol. The summed E-state index contributed by atoms with van der Waals surface area (Å²) in [6, 6.07) is -0.506. The topological polar surface area (TPSA) is 106 Å². The van der Waals surface area contributed by atoms with E-state index >= 15 is 0 Å². The second-order valence-corrected chi connectivity index (χ2v) is 8.15. The van der Waals surface area contributed by atoms with Crippen LogP contribution >= 0.6 is 0 Å². The highest BCUT2D eigenvalue weighted by Crippen LogP contribution is 2.34. The first-order valence-electron chi connectivity index (χ1n) is 8.09. The van der Waals surface area contributed by atoms with Crippen molar-refractivity contribution in [2.45, 2.75) is 66.0 Å². The number of aromatic nitrogens is 2. The van der Waals surface area contributed by atoms with Gasteiger partial charge in [0.15, 0.2) is 0 Å². The summed E-state index contributed by atoms with van der Waals surface area (Å²) in [5.74, 6) is 0.149. The van der Waals surface area contributed by atoms with Crippen molar-refractivity contribution in [2.24, 2.45) is 11.3 Å². The van der Waals surface area contributed by atoms with Crippen molar-refractivity contribution < 1.29 is 18.7 Å². The van der Waals surface area contributed by atoms with Gasteiger partial charge in [-0.15, -0.1) is 5.10 Å². The summed E-state index contributed by atoms with van der Waals surface area (Å²) in [6.07, 6.45) is 1.21. The number of ether oxygens (including phenoxy) is 1. The van der Waals surface area contributed by atoms with E-state index in [1.54, 1.807) is 20.8 Å². The van der Waals surface area contributed by atoms with Crippen LogP contribution in [0.3, 0.4) is 0 Å². The van der Waals surface area contributed by atoms with E-state index in [1.165, 1.54) is 0 Å². The van der Waals surface area contributed by atoms with Crippen LogP contribution in [0, 0.1) is 11.3 Å². The standard InChI is InChI=1S/C16H26N4O4/c1-15(2,3)10(17-14(22)24-16(4,5)6)12-19-20-13(23-12)18-11(21)9-7-8-9/h9-10H,7-8H2,1-6H3,(H,17,22)(H,18,20,21)/t10-/m1/s1. The fraction of sp³-hybridized carbons (Fsp3) is 0.750. The number of nitrogens with one attached hydrogen (secondary N) is 2. The maximum atomic E-state index is 12.1. The van der Waals surface area contributed by atoms with Gasteiger partial charge in [-0.25, -0.2) is 4.79 Å². The molecule has 0 aliphatic heterocycles. The van der Waals surface area contributed by atoms with Gasteiger partial charge < -0.3 is 14.5 Å². The van der Waals surface area contributed by atoms with Crippen molar-refractivity contribution in [1.82, 2.24) is 15.5 Å². The Morgan fingerprint density at radius 1 is 1.17 bits per heavy atom. The summed E-state index contributed by atoms with van der Waals surface area (Å²) in [5, 5.41) is 13.2. The van der Waals surface area contributed by atoms with Crippen molar-refractivity contribution >= 4 is 18.0 Å². The summed E-state index contributed by atoms with van der Waals surface area (Å²) in [5.41, 5.74) is -0.994. The smallest absolute Gasteiger partial charge is 0.408 e. The third kappa shape index (κ3) is 5.21. The van der Waals surface area contributed by atoms with Crippen LogP contribution < -0.4 is 10.6 Å². The normalized spacial score (nSPS) is 16.4. The van der Waals surface area contributed by atoms with Crippen LogP contribution in [-0.2, 0) is 9.53 Å². The molecule has 1 heterocycles. The number of carbonyl (C=O) groups is 2. The molecule has 0 bridgehead atoms. The molecule has 1 aliphatic rings. The van der Waals surface area contributed by atoms with Crippen LogP contribution in [0.1, 0.15) is 66.3 Å². The average molecular weight is 338 g/mol. The fourth-order valence-corrected chi connectivity index (χ4v) is 2.03. The third-order valence-corrected chi connectivity index (χ3v) is 3.39. The van der Waals surface area contributed by atoms with Crippen LogP contribution in [0.15, 0.2) is 4.42 Å². The van der Waals surface area contributed by atoms with E-state index < -0.39 is 17.7 Å². The minimum Gasteiger partial charge on any atom is -0.444 e. The highest BCUT2D eigenvalue weighted by Gasteiger charge is 2.35. The molecule has 1 aromatic rings. The first-order valence-corrected chi connectivity index (χ1v) is 8.09. The van der Waals surface area contributed by atoms with Crippen molar-refractivity contribution in [1.29, 1.82) is 0 Å². The Bertz CT molecular complexity index is 608. The molecule has 134 valence electrons. The quantitative estimate of drug-likeness (QED) is 0.874. The molecule has 1 aromatic heterocycles. The van der Waals surface area contributed by atoms with Gasteiger partial charge in [-0.3, -0.25) is 10.1 Å². The van der Waals surface area contributed by atoms with Crippen molar-refractivity contribution in [3.63, 3.8) is 0 Å². The van der Waals surface area contributed by atoms with Crippen molar-refractivity contribution in [3.8, 4) is 0 Å². The summed E-state index contributed by atoms with van der Waals surface area (Å²) < 4.78 is 10.8. The average Bonchev–Trinajstić information content (AvgIpc) is 3.14. The predicted octanol–water partition coefficient (Wildman–Crippen LogP) is 3.03. The van der Waals surface area contributed by atoms with E-state index in [1.807, 2.05) is 20.8 Å². The van der Waals surface area contributed by atoms with Gasteiger partial charge in [-0.2, -0.15) is 0 Å². The molecule has 0 aromatic carbocycles. The molecule has 1 aliphatic carbocycles. The van der Waals surface area contributed by atoms with Crippen LogP contribution in [0.2, 0.25) is 0 Å². The van der Waals surface area contributed by atoms with Gasteiger partial charge >= 0.3 is 12.1 Å². The van der Waals surface area contributed by atoms with Gasteiger partial charge in [-0.1, -0.05) is 25.9 Å². The minimum absolute atomic E-state index is 0.0404. The molecule has 2 rings (SSSR count). The predicted molar refractivity (Wildman–Crippen MR) is 87.2 cm³/mol. The van der Waals surface area contributed by atoms with Crippen LogP contribution in [0.5, 0.6) is 0 Å². The Morgan fingerprint density at radius 3 is 2.29 bits per heavy atom. The first kappa shape index (κ1) is 18.2. The molecule has 8 nitrogen and oxygen atoms in total. The molecule has 0 radical (unpaired) electrons. The van der Waals surface area contributed by atoms with E-state index in [9.17, 15) is 9.59 Å². The Labute approximate surface area is 141 Å². The molecule has 0 unspecified atom stereocenters. The number of rotatable bonds is 4. The molecule has 8 heteroatoms. The van der Waals surface area contributed by atoms with Gasteiger partial charge in [0, 0.05) is 5.92 Å². The molecule has 2 N–H and O–H groups in total. The largest absolute Gasteiger partial charge is 0.444 e. The highest BCUT2D eigenvalue weighted by atomic mass is 16.6. The molecule has 1 atom stereocenters. The molecule has 1 saturated carbocycles. The van der Waals surface area contributed by atoms with Gasteiger partial charge in [0.2, 0.25) is 11.8 Å². The molecule has 2 amide bonds. The van der Waals surface area contributed by atoms with Gasteiger partial charge in [0.05, 0.1) is 0 Å². The Kier molecular flexibility index (Phi) is 4.87. The lowest BCUT2D eigenvalue weighted by molar-refractivity contribution is -0.117. The molecule has 24 heavy (non-hydrogen) atoms. The lowest BCUT2D eigenvalue weighted by Crippen LogP contribution is -2.40. The Hall–Kier alpha value is -2.12. The van der Waals surface area contributed by atoms with Crippen LogP contribution in [-0.4, -0.2) is 27.8 Å². The minimum atomic E-state index is -0.606. The molecule has 1 fully saturated rings.